The van der Waals surface area contributed by atoms with Crippen LogP contribution < -0.4 is 5.73 Å². The van der Waals surface area contributed by atoms with E-state index in [1.807, 2.05) is 0 Å². The number of pyridine rings is 1. The molecular weight excluding hydrogens is 251 g/mol. The number of fused-ring (bicyclic) bond motifs is 1. The summed E-state index contributed by atoms with van der Waals surface area (Å²) in [4.78, 5) is 14.9. The van der Waals surface area contributed by atoms with Crippen molar-refractivity contribution in [2.24, 2.45) is 5.73 Å². The Morgan fingerprint density at radius 3 is 2.69 bits per heavy atom. The van der Waals surface area contributed by atoms with Crippen LogP contribution in [0.2, 0.25) is 10.0 Å². The molecule has 1 aromatic heterocycles. The number of carbonyl (C=O) groups is 1. The second kappa shape index (κ2) is 3.81. The summed E-state index contributed by atoms with van der Waals surface area (Å²) in [5.41, 5.74) is 5.25. The first-order chi connectivity index (χ1) is 7.50. The minimum Gasteiger partial charge on any atom is -0.504 e. The van der Waals surface area contributed by atoms with Crippen LogP contribution in [-0.4, -0.2) is 16.0 Å². The summed E-state index contributed by atoms with van der Waals surface area (Å²) in [7, 11) is 0. The Bertz CT molecular complexity index is 599. The molecule has 0 saturated heterocycles. The number of benzene rings is 1. The topological polar surface area (TPSA) is 76.2 Å². The van der Waals surface area contributed by atoms with Gasteiger partial charge in [-0.05, 0) is 18.2 Å². The molecule has 0 aliphatic heterocycles. The molecule has 0 saturated carbocycles. The number of halogens is 2. The molecule has 0 aliphatic carbocycles. The standard InChI is InChI=1S/C10H6Cl2N2O2/c11-4-1-2-6-5(3-4)7(12)9(15)8(14-6)10(13)16/h1-3,15H,(H2,13,16). The van der Waals surface area contributed by atoms with Crippen LogP contribution >= 0.6 is 23.2 Å². The minimum absolute atomic E-state index is 0.0151. The Hall–Kier alpha value is -1.52. The van der Waals surface area contributed by atoms with Gasteiger partial charge < -0.3 is 10.8 Å². The van der Waals surface area contributed by atoms with Crippen LogP contribution in [0, 0.1) is 0 Å². The number of hydrogen-bond donors (Lipinski definition) is 2. The molecule has 0 unspecified atom stereocenters. The number of nitrogens with zero attached hydrogens (tertiary/aromatic N) is 1. The van der Waals surface area contributed by atoms with Crippen LogP contribution in [0.1, 0.15) is 10.5 Å². The van der Waals surface area contributed by atoms with Crippen LogP contribution in [0.15, 0.2) is 18.2 Å². The van der Waals surface area contributed by atoms with Gasteiger partial charge in [-0.2, -0.15) is 0 Å². The van der Waals surface area contributed by atoms with Gasteiger partial charge in [0, 0.05) is 10.4 Å². The quantitative estimate of drug-likeness (QED) is 0.823. The highest BCUT2D eigenvalue weighted by atomic mass is 35.5. The SMILES string of the molecule is NC(=O)c1nc2ccc(Cl)cc2c(Cl)c1O. The highest BCUT2D eigenvalue weighted by molar-refractivity contribution is 6.38. The van der Waals surface area contributed by atoms with E-state index in [4.69, 9.17) is 28.9 Å². The highest BCUT2D eigenvalue weighted by Crippen LogP contribution is 2.34. The van der Waals surface area contributed by atoms with Crippen LogP contribution in [0.3, 0.4) is 0 Å². The zero-order chi connectivity index (χ0) is 11.9. The van der Waals surface area contributed by atoms with E-state index < -0.39 is 11.7 Å². The third-order valence-electron chi connectivity index (χ3n) is 2.09. The summed E-state index contributed by atoms with van der Waals surface area (Å²) in [5.74, 6) is -1.26. The Kier molecular flexibility index (Phi) is 2.61. The van der Waals surface area contributed by atoms with Gasteiger partial charge in [-0.25, -0.2) is 4.98 Å². The molecule has 3 N–H and O–H groups in total. The van der Waals surface area contributed by atoms with E-state index in [2.05, 4.69) is 4.98 Å². The third kappa shape index (κ3) is 1.66. The number of aromatic nitrogens is 1. The largest absolute Gasteiger partial charge is 0.504 e. The Labute approximate surface area is 101 Å². The van der Waals surface area contributed by atoms with Crippen LogP contribution in [0.4, 0.5) is 0 Å². The van der Waals surface area contributed by atoms with Crippen LogP contribution in [-0.2, 0) is 0 Å². The van der Waals surface area contributed by atoms with Gasteiger partial charge in [0.15, 0.2) is 11.4 Å². The highest BCUT2D eigenvalue weighted by Gasteiger charge is 2.16. The smallest absolute Gasteiger partial charge is 0.271 e. The van der Waals surface area contributed by atoms with E-state index >= 15 is 0 Å². The van der Waals surface area contributed by atoms with Crippen molar-refractivity contribution in [2.45, 2.75) is 0 Å². The Balaban J connectivity index is 2.88. The average molecular weight is 257 g/mol. The van der Waals surface area contributed by atoms with Gasteiger partial charge in [-0.3, -0.25) is 4.79 Å². The van der Waals surface area contributed by atoms with Crippen molar-refractivity contribution in [3.63, 3.8) is 0 Å². The molecule has 0 spiro atoms. The predicted octanol–water partition coefficient (Wildman–Crippen LogP) is 2.35. The molecule has 1 aromatic carbocycles. The third-order valence-corrected chi connectivity index (χ3v) is 2.71. The Morgan fingerprint density at radius 1 is 1.38 bits per heavy atom. The lowest BCUT2D eigenvalue weighted by Gasteiger charge is -2.06. The van der Waals surface area contributed by atoms with Crippen molar-refractivity contribution >= 4 is 40.0 Å². The first kappa shape index (κ1) is 11.0. The maximum Gasteiger partial charge on any atom is 0.271 e. The lowest BCUT2D eigenvalue weighted by atomic mass is 10.2. The second-order valence-electron chi connectivity index (χ2n) is 3.15. The van der Waals surface area contributed by atoms with Crippen molar-refractivity contribution in [3.8, 4) is 5.75 Å². The van der Waals surface area contributed by atoms with Crippen LogP contribution in [0.5, 0.6) is 5.75 Å². The molecule has 0 atom stereocenters. The number of carbonyl (C=O) groups excluding carboxylic acids is 1. The number of rotatable bonds is 1. The summed E-state index contributed by atoms with van der Waals surface area (Å²) in [6.07, 6.45) is 0. The number of aromatic hydroxyl groups is 1. The molecule has 1 amide bonds. The lowest BCUT2D eigenvalue weighted by molar-refractivity contribution is 0.0993. The fourth-order valence-corrected chi connectivity index (χ4v) is 1.77. The average Bonchev–Trinajstić information content (AvgIpc) is 2.23. The molecule has 4 nitrogen and oxygen atoms in total. The summed E-state index contributed by atoms with van der Waals surface area (Å²) >= 11 is 11.7. The Morgan fingerprint density at radius 2 is 2.06 bits per heavy atom. The van der Waals surface area contributed by atoms with Gasteiger partial charge in [-0.1, -0.05) is 23.2 Å². The van der Waals surface area contributed by atoms with Gasteiger partial charge in [-0.15, -0.1) is 0 Å². The molecule has 16 heavy (non-hydrogen) atoms. The maximum atomic E-state index is 11.0. The summed E-state index contributed by atoms with van der Waals surface area (Å²) in [6, 6.07) is 4.75. The minimum atomic E-state index is -0.837. The number of nitrogens with two attached hydrogens (primary N) is 1. The zero-order valence-electron chi connectivity index (χ0n) is 7.87. The molecule has 0 bridgehead atoms. The van der Waals surface area contributed by atoms with Gasteiger partial charge in [0.1, 0.15) is 0 Å². The molecule has 0 aliphatic rings. The summed E-state index contributed by atoms with van der Waals surface area (Å²) in [6.45, 7) is 0. The van der Waals surface area contributed by atoms with Gasteiger partial charge in [0.2, 0.25) is 0 Å². The first-order valence-corrected chi connectivity index (χ1v) is 5.04. The lowest BCUT2D eigenvalue weighted by Crippen LogP contribution is -2.13. The normalized spacial score (nSPS) is 10.6. The van der Waals surface area contributed by atoms with E-state index in [1.54, 1.807) is 18.2 Å². The van der Waals surface area contributed by atoms with E-state index in [1.165, 1.54) is 0 Å². The molecule has 2 rings (SSSR count). The van der Waals surface area contributed by atoms with Crippen molar-refractivity contribution < 1.29 is 9.90 Å². The van der Waals surface area contributed by atoms with Crippen molar-refractivity contribution in [3.05, 3.63) is 33.9 Å². The van der Waals surface area contributed by atoms with Gasteiger partial charge in [0.05, 0.1) is 10.5 Å². The molecule has 0 radical (unpaired) electrons. The molecule has 82 valence electrons. The monoisotopic (exact) mass is 256 g/mol. The van der Waals surface area contributed by atoms with E-state index in [0.29, 0.717) is 15.9 Å². The van der Waals surface area contributed by atoms with Crippen LogP contribution in [0.25, 0.3) is 10.9 Å². The number of hydrogen-bond acceptors (Lipinski definition) is 3. The summed E-state index contributed by atoms with van der Waals surface area (Å²) in [5, 5.41) is 10.6. The second-order valence-corrected chi connectivity index (χ2v) is 3.96. The summed E-state index contributed by atoms with van der Waals surface area (Å²) < 4.78 is 0. The predicted molar refractivity (Wildman–Crippen MR) is 61.9 cm³/mol. The van der Waals surface area contributed by atoms with Crippen molar-refractivity contribution in [2.75, 3.05) is 0 Å². The van der Waals surface area contributed by atoms with Crippen molar-refractivity contribution in [1.29, 1.82) is 0 Å². The number of primary amides is 1. The molecule has 2 aromatic rings. The van der Waals surface area contributed by atoms with Gasteiger partial charge in [0.25, 0.3) is 5.91 Å². The molecule has 0 fully saturated rings. The number of amides is 1. The first-order valence-electron chi connectivity index (χ1n) is 4.28. The molecule has 1 heterocycles. The fourth-order valence-electron chi connectivity index (χ4n) is 1.36. The van der Waals surface area contributed by atoms with E-state index in [-0.39, 0.29) is 10.7 Å². The fraction of sp³-hybridized carbons (Fsp3) is 0. The van der Waals surface area contributed by atoms with E-state index in [0.717, 1.165) is 0 Å². The van der Waals surface area contributed by atoms with E-state index in [9.17, 15) is 9.90 Å². The molecule has 6 heteroatoms. The van der Waals surface area contributed by atoms with Gasteiger partial charge >= 0.3 is 0 Å². The molecular formula is C10H6Cl2N2O2. The zero-order valence-corrected chi connectivity index (χ0v) is 9.38. The maximum absolute atomic E-state index is 11.0. The van der Waals surface area contributed by atoms with Crippen molar-refractivity contribution in [1.82, 2.24) is 4.98 Å².